The molecule has 21 heavy (non-hydrogen) atoms. The molecule has 2 heterocycles. The van der Waals surface area contributed by atoms with Gasteiger partial charge in [0.1, 0.15) is 0 Å². The van der Waals surface area contributed by atoms with Crippen molar-refractivity contribution in [2.75, 3.05) is 53.0 Å². The Kier molecular flexibility index (Phi) is 7.47. The van der Waals surface area contributed by atoms with Gasteiger partial charge in [0.25, 0.3) is 0 Å². The summed E-state index contributed by atoms with van der Waals surface area (Å²) in [6.07, 6.45) is 7.17. The van der Waals surface area contributed by atoms with Crippen LogP contribution >= 0.6 is 0 Å². The maximum absolute atomic E-state index is 11.4. The number of esters is 1. The molecule has 0 aromatic rings. The Morgan fingerprint density at radius 1 is 1.24 bits per heavy atom. The number of likely N-dealkylation sites (tertiary alicyclic amines) is 1. The van der Waals surface area contributed by atoms with E-state index in [0.717, 1.165) is 39.2 Å². The van der Waals surface area contributed by atoms with E-state index >= 15 is 0 Å². The second-order valence-electron chi connectivity index (χ2n) is 6.16. The Bertz CT molecular complexity index is 300. The molecule has 2 rings (SSSR count). The Balaban J connectivity index is 1.73. The third kappa shape index (κ3) is 6.32. The summed E-state index contributed by atoms with van der Waals surface area (Å²) in [6, 6.07) is 0. The first kappa shape index (κ1) is 16.7. The van der Waals surface area contributed by atoms with Crippen LogP contribution in [0.1, 0.15) is 38.5 Å². The summed E-state index contributed by atoms with van der Waals surface area (Å²) in [5, 5.41) is 0. The maximum Gasteiger partial charge on any atom is 0.306 e. The zero-order valence-electron chi connectivity index (χ0n) is 13.4. The monoisotopic (exact) mass is 298 g/mol. The topological polar surface area (TPSA) is 42.0 Å². The lowest BCUT2D eigenvalue weighted by Crippen LogP contribution is -2.41. The predicted octanol–water partition coefficient (Wildman–Crippen LogP) is 1.52. The molecule has 0 saturated carbocycles. The molecule has 0 bridgehead atoms. The lowest BCUT2D eigenvalue weighted by molar-refractivity contribution is -0.141. The minimum absolute atomic E-state index is 0.120. The van der Waals surface area contributed by atoms with Gasteiger partial charge in [-0.3, -0.25) is 9.69 Å². The van der Waals surface area contributed by atoms with Gasteiger partial charge >= 0.3 is 5.97 Å². The summed E-state index contributed by atoms with van der Waals surface area (Å²) >= 11 is 0. The number of nitrogens with zero attached hydrogens (tertiary/aromatic N) is 2. The third-order valence-electron chi connectivity index (χ3n) is 4.53. The van der Waals surface area contributed by atoms with E-state index in [9.17, 15) is 4.79 Å². The summed E-state index contributed by atoms with van der Waals surface area (Å²) in [5.74, 6) is -0.120. The number of piperidine rings is 1. The van der Waals surface area contributed by atoms with Crippen molar-refractivity contribution >= 4 is 5.97 Å². The van der Waals surface area contributed by atoms with Crippen molar-refractivity contribution in [3.8, 4) is 0 Å². The fourth-order valence-electron chi connectivity index (χ4n) is 3.19. The molecule has 122 valence electrons. The molecule has 1 unspecified atom stereocenters. The normalized spacial score (nSPS) is 23.6. The highest BCUT2D eigenvalue weighted by molar-refractivity contribution is 5.69. The number of carbonyl (C=O) groups excluding carboxylic acids is 1. The van der Waals surface area contributed by atoms with Crippen LogP contribution < -0.4 is 0 Å². The number of ether oxygens (including phenoxy) is 2. The molecule has 5 nitrogen and oxygen atoms in total. The zero-order valence-corrected chi connectivity index (χ0v) is 13.4. The molecule has 2 saturated heterocycles. The van der Waals surface area contributed by atoms with Crippen LogP contribution in [0.5, 0.6) is 0 Å². The summed E-state index contributed by atoms with van der Waals surface area (Å²) in [4.78, 5) is 16.3. The summed E-state index contributed by atoms with van der Waals surface area (Å²) in [7, 11) is 1.46. The van der Waals surface area contributed by atoms with Crippen molar-refractivity contribution < 1.29 is 14.3 Å². The molecule has 1 atom stereocenters. The van der Waals surface area contributed by atoms with E-state index in [2.05, 4.69) is 9.80 Å². The first-order chi connectivity index (χ1) is 10.3. The maximum atomic E-state index is 11.4. The lowest BCUT2D eigenvalue weighted by Gasteiger charge is -2.30. The molecule has 0 spiro atoms. The highest BCUT2D eigenvalue weighted by Gasteiger charge is 2.20. The van der Waals surface area contributed by atoms with Gasteiger partial charge in [0.2, 0.25) is 0 Å². The highest BCUT2D eigenvalue weighted by Crippen LogP contribution is 2.14. The van der Waals surface area contributed by atoms with E-state index in [1.54, 1.807) is 0 Å². The average Bonchev–Trinajstić information content (AvgIpc) is 3.03. The average molecular weight is 298 g/mol. The quantitative estimate of drug-likeness (QED) is 0.636. The molecule has 0 aromatic heterocycles. The van der Waals surface area contributed by atoms with Crippen molar-refractivity contribution in [2.45, 2.75) is 44.6 Å². The minimum atomic E-state index is -0.120. The van der Waals surface area contributed by atoms with Gasteiger partial charge in [0.15, 0.2) is 0 Å². The molecule has 2 fully saturated rings. The van der Waals surface area contributed by atoms with Gasteiger partial charge in [-0.05, 0) is 38.8 Å². The molecule has 5 heteroatoms. The number of methoxy groups -OCH3 is 1. The van der Waals surface area contributed by atoms with E-state index in [4.69, 9.17) is 9.47 Å². The Morgan fingerprint density at radius 3 is 2.71 bits per heavy atom. The van der Waals surface area contributed by atoms with Gasteiger partial charge in [-0.15, -0.1) is 0 Å². The van der Waals surface area contributed by atoms with Crippen LogP contribution in [0, 0.1) is 0 Å². The van der Waals surface area contributed by atoms with E-state index in [1.165, 1.54) is 45.9 Å². The second-order valence-corrected chi connectivity index (χ2v) is 6.16. The fourth-order valence-corrected chi connectivity index (χ4v) is 3.19. The van der Waals surface area contributed by atoms with Crippen LogP contribution in [0.25, 0.3) is 0 Å². The number of carbonyl (C=O) groups is 1. The third-order valence-corrected chi connectivity index (χ3v) is 4.53. The van der Waals surface area contributed by atoms with Crippen molar-refractivity contribution in [2.24, 2.45) is 0 Å². The number of rotatable bonds is 8. The van der Waals surface area contributed by atoms with Crippen LogP contribution in [0.15, 0.2) is 0 Å². The van der Waals surface area contributed by atoms with E-state index < -0.39 is 0 Å². The molecular weight excluding hydrogens is 268 g/mol. The first-order valence-electron chi connectivity index (χ1n) is 8.41. The lowest BCUT2D eigenvalue weighted by atomic mass is 10.1. The Morgan fingerprint density at radius 2 is 2.05 bits per heavy atom. The van der Waals surface area contributed by atoms with Gasteiger partial charge in [-0.25, -0.2) is 0 Å². The zero-order chi connectivity index (χ0) is 14.9. The summed E-state index contributed by atoms with van der Waals surface area (Å²) in [5.41, 5.74) is 0. The van der Waals surface area contributed by atoms with E-state index in [0.29, 0.717) is 12.5 Å². The largest absolute Gasteiger partial charge is 0.469 e. The van der Waals surface area contributed by atoms with Crippen LogP contribution in [0.3, 0.4) is 0 Å². The minimum Gasteiger partial charge on any atom is -0.469 e. The van der Waals surface area contributed by atoms with Crippen molar-refractivity contribution in [3.63, 3.8) is 0 Å². The highest BCUT2D eigenvalue weighted by atomic mass is 16.5. The Labute approximate surface area is 128 Å². The number of hydrogen-bond donors (Lipinski definition) is 0. The SMILES string of the molecule is COC(=O)CCN(CCN1CCCCC1)CC1CCCO1. The first-order valence-corrected chi connectivity index (χ1v) is 8.41. The van der Waals surface area contributed by atoms with Crippen molar-refractivity contribution in [3.05, 3.63) is 0 Å². The molecule has 0 amide bonds. The van der Waals surface area contributed by atoms with E-state index in [1.807, 2.05) is 0 Å². The van der Waals surface area contributed by atoms with Crippen molar-refractivity contribution in [1.29, 1.82) is 0 Å². The molecular formula is C16H30N2O3. The fraction of sp³-hybridized carbons (Fsp3) is 0.938. The molecule has 0 aromatic carbocycles. The van der Waals surface area contributed by atoms with Gasteiger partial charge in [-0.2, -0.15) is 0 Å². The molecule has 0 aliphatic carbocycles. The van der Waals surface area contributed by atoms with Crippen molar-refractivity contribution in [1.82, 2.24) is 9.80 Å². The summed E-state index contributed by atoms with van der Waals surface area (Å²) in [6.45, 7) is 7.20. The van der Waals surface area contributed by atoms with Crippen LogP contribution in [-0.4, -0.2) is 74.9 Å². The Hall–Kier alpha value is -0.650. The van der Waals surface area contributed by atoms with Crippen LogP contribution in [-0.2, 0) is 14.3 Å². The smallest absolute Gasteiger partial charge is 0.306 e. The summed E-state index contributed by atoms with van der Waals surface area (Å²) < 4.78 is 10.5. The predicted molar refractivity (Wildman–Crippen MR) is 82.3 cm³/mol. The molecule has 2 aliphatic heterocycles. The van der Waals surface area contributed by atoms with Gasteiger partial charge in [0, 0.05) is 32.8 Å². The van der Waals surface area contributed by atoms with Crippen LogP contribution in [0.4, 0.5) is 0 Å². The standard InChI is InChI=1S/C16H30N2O3/c1-20-16(19)7-10-18(14-15-6-5-13-21-15)12-11-17-8-3-2-4-9-17/h15H,2-14H2,1H3. The molecule has 0 radical (unpaired) electrons. The van der Waals surface area contributed by atoms with Gasteiger partial charge in [0.05, 0.1) is 19.6 Å². The molecule has 2 aliphatic rings. The second kappa shape index (κ2) is 9.38. The molecule has 0 N–H and O–H groups in total. The van der Waals surface area contributed by atoms with Crippen LogP contribution in [0.2, 0.25) is 0 Å². The van der Waals surface area contributed by atoms with Gasteiger partial charge < -0.3 is 14.4 Å². The van der Waals surface area contributed by atoms with E-state index in [-0.39, 0.29) is 5.97 Å². The number of hydrogen-bond acceptors (Lipinski definition) is 5. The van der Waals surface area contributed by atoms with Gasteiger partial charge in [-0.1, -0.05) is 6.42 Å².